The minimum absolute atomic E-state index is 0.0431. The molecule has 0 radical (unpaired) electrons. The number of methoxy groups -OCH3 is 3. The van der Waals surface area contributed by atoms with Gasteiger partial charge in [0.1, 0.15) is 6.61 Å². The Labute approximate surface area is 259 Å². The molecule has 1 aliphatic heterocycles. The molecule has 0 aromatic heterocycles. The molecule has 6 rings (SSSR count). The van der Waals surface area contributed by atoms with Gasteiger partial charge in [0.25, 0.3) is 0 Å². The van der Waals surface area contributed by atoms with E-state index in [0.29, 0.717) is 36.8 Å². The summed E-state index contributed by atoms with van der Waals surface area (Å²) in [4.78, 5) is 15.9. The van der Waals surface area contributed by atoms with Gasteiger partial charge in [-0.25, -0.2) is 0 Å². The molecule has 0 saturated carbocycles. The van der Waals surface area contributed by atoms with Crippen molar-refractivity contribution in [3.05, 3.63) is 118 Å². The third-order valence-corrected chi connectivity index (χ3v) is 8.82. The van der Waals surface area contributed by atoms with Gasteiger partial charge in [-0.2, -0.15) is 0 Å². The highest BCUT2D eigenvalue weighted by molar-refractivity contribution is 5.79. The van der Waals surface area contributed by atoms with Crippen molar-refractivity contribution in [3.8, 4) is 23.0 Å². The number of fused-ring (bicyclic) bond motifs is 2. The van der Waals surface area contributed by atoms with Gasteiger partial charge < -0.3 is 24.3 Å². The molecule has 228 valence electrons. The molecule has 2 unspecified atom stereocenters. The van der Waals surface area contributed by atoms with Gasteiger partial charge in [-0.3, -0.25) is 9.69 Å². The van der Waals surface area contributed by atoms with E-state index >= 15 is 0 Å². The van der Waals surface area contributed by atoms with Crippen molar-refractivity contribution >= 4 is 5.91 Å². The average Bonchev–Trinajstić information content (AvgIpc) is 3.47. The summed E-state index contributed by atoms with van der Waals surface area (Å²) in [7, 11) is 4.97. The lowest BCUT2D eigenvalue weighted by Gasteiger charge is -2.38. The topological polar surface area (TPSA) is 69.3 Å². The van der Waals surface area contributed by atoms with Crippen molar-refractivity contribution in [2.45, 2.75) is 44.4 Å². The number of benzene rings is 4. The van der Waals surface area contributed by atoms with E-state index in [0.717, 1.165) is 48.2 Å². The van der Waals surface area contributed by atoms with E-state index in [9.17, 15) is 4.79 Å². The molecule has 7 nitrogen and oxygen atoms in total. The van der Waals surface area contributed by atoms with E-state index < -0.39 is 0 Å². The van der Waals surface area contributed by atoms with Crippen molar-refractivity contribution in [3.63, 3.8) is 0 Å². The number of nitrogens with zero attached hydrogens (tertiary/aromatic N) is 1. The zero-order valence-electron chi connectivity index (χ0n) is 25.7. The molecule has 0 bridgehead atoms. The average molecular weight is 593 g/mol. The van der Waals surface area contributed by atoms with Gasteiger partial charge in [0.05, 0.1) is 33.9 Å². The van der Waals surface area contributed by atoms with Crippen LogP contribution in [0, 0.1) is 0 Å². The number of amides is 1. The second-order valence-electron chi connectivity index (χ2n) is 11.5. The fourth-order valence-electron chi connectivity index (χ4n) is 6.56. The summed E-state index contributed by atoms with van der Waals surface area (Å²) in [5, 5.41) is 3.33. The van der Waals surface area contributed by atoms with E-state index in [2.05, 4.69) is 52.7 Å². The minimum atomic E-state index is -0.0524. The van der Waals surface area contributed by atoms with E-state index in [1.165, 1.54) is 16.7 Å². The number of hydrogen-bond acceptors (Lipinski definition) is 6. The Balaban J connectivity index is 1.29. The number of aryl methyl sites for hydroxylation is 1. The third kappa shape index (κ3) is 6.38. The molecule has 7 heteroatoms. The highest BCUT2D eigenvalue weighted by Gasteiger charge is 2.32. The fraction of sp³-hybridized carbons (Fsp3) is 0.324. The molecule has 1 amide bonds. The first-order valence-electron chi connectivity index (χ1n) is 15.3. The number of hydrogen-bond donors (Lipinski definition) is 1. The molecular weight excluding hydrogens is 552 g/mol. The zero-order valence-corrected chi connectivity index (χ0v) is 25.7. The van der Waals surface area contributed by atoms with Gasteiger partial charge in [0, 0.05) is 12.6 Å². The second kappa shape index (κ2) is 13.4. The molecule has 44 heavy (non-hydrogen) atoms. The fourth-order valence-corrected chi connectivity index (χ4v) is 6.56. The first kappa shape index (κ1) is 29.6. The molecule has 2 atom stereocenters. The Morgan fingerprint density at radius 1 is 0.750 bits per heavy atom. The van der Waals surface area contributed by atoms with Crippen LogP contribution in [0.25, 0.3) is 0 Å². The van der Waals surface area contributed by atoms with Crippen LogP contribution < -0.4 is 24.3 Å². The lowest BCUT2D eigenvalue weighted by Crippen LogP contribution is -2.44. The molecule has 0 spiro atoms. The lowest BCUT2D eigenvalue weighted by atomic mass is 9.88. The monoisotopic (exact) mass is 592 g/mol. The number of carbonyl (C=O) groups excluding carboxylic acids is 1. The number of nitrogens with one attached hydrogen (secondary N) is 1. The van der Waals surface area contributed by atoms with Gasteiger partial charge in [-0.05, 0) is 83.3 Å². The normalized spacial score (nSPS) is 17.3. The van der Waals surface area contributed by atoms with Crippen LogP contribution in [0.4, 0.5) is 0 Å². The molecule has 0 saturated heterocycles. The summed E-state index contributed by atoms with van der Waals surface area (Å²) in [6, 6.07) is 28.8. The summed E-state index contributed by atoms with van der Waals surface area (Å²) in [6.07, 6.45) is 3.43. The quantitative estimate of drug-likeness (QED) is 0.223. The van der Waals surface area contributed by atoms with Crippen molar-refractivity contribution in [2.24, 2.45) is 0 Å². The van der Waals surface area contributed by atoms with E-state index in [1.807, 2.05) is 42.5 Å². The number of ether oxygens (including phenoxy) is 4. The molecule has 4 aromatic rings. The van der Waals surface area contributed by atoms with Crippen molar-refractivity contribution in [1.29, 1.82) is 0 Å². The smallest absolute Gasteiger partial charge is 0.234 e. The predicted molar refractivity (Wildman–Crippen MR) is 171 cm³/mol. The van der Waals surface area contributed by atoms with Crippen LogP contribution in [-0.4, -0.2) is 45.2 Å². The standard InChI is InChI=1S/C37H40N2O5/c1-41-33-16-13-26(20-34(33)42-2)19-32-30-22-36(44-24-25-9-5-4-6-10-25)35(43-3)21-28(30)17-18-39(32)23-37(40)38-31-15-14-27-11-7-8-12-29(27)31/h4-13,16,20-22,31-32H,14-15,17-19,23-24H2,1-3H3,(H,38,40). The van der Waals surface area contributed by atoms with Crippen LogP contribution in [0.5, 0.6) is 23.0 Å². The summed E-state index contributed by atoms with van der Waals surface area (Å²) in [5.74, 6) is 2.83. The molecule has 1 aliphatic carbocycles. The molecule has 2 aliphatic rings. The second-order valence-corrected chi connectivity index (χ2v) is 11.5. The molecule has 1 N–H and O–H groups in total. The minimum Gasteiger partial charge on any atom is -0.493 e. The number of carbonyl (C=O) groups is 1. The van der Waals surface area contributed by atoms with Crippen LogP contribution in [0.15, 0.2) is 84.9 Å². The Bertz CT molecular complexity index is 1610. The largest absolute Gasteiger partial charge is 0.493 e. The zero-order chi connectivity index (χ0) is 30.5. The van der Waals surface area contributed by atoms with Gasteiger partial charge >= 0.3 is 0 Å². The van der Waals surface area contributed by atoms with Crippen molar-refractivity contribution in [2.75, 3.05) is 34.4 Å². The Morgan fingerprint density at radius 3 is 2.30 bits per heavy atom. The van der Waals surface area contributed by atoms with E-state index in [4.69, 9.17) is 18.9 Å². The van der Waals surface area contributed by atoms with Crippen LogP contribution in [0.3, 0.4) is 0 Å². The summed E-state index contributed by atoms with van der Waals surface area (Å²) in [6.45, 7) is 1.50. The van der Waals surface area contributed by atoms with Gasteiger partial charge in [-0.15, -0.1) is 0 Å². The van der Waals surface area contributed by atoms with Crippen LogP contribution >= 0.6 is 0 Å². The van der Waals surface area contributed by atoms with Gasteiger partial charge in [-0.1, -0.05) is 60.7 Å². The summed E-state index contributed by atoms with van der Waals surface area (Å²) < 4.78 is 23.2. The third-order valence-electron chi connectivity index (χ3n) is 8.82. The highest BCUT2D eigenvalue weighted by atomic mass is 16.5. The first-order valence-corrected chi connectivity index (χ1v) is 15.3. The lowest BCUT2D eigenvalue weighted by molar-refractivity contribution is -0.123. The molecule has 1 heterocycles. The van der Waals surface area contributed by atoms with E-state index in [1.54, 1.807) is 21.3 Å². The Kier molecular flexibility index (Phi) is 9.03. The van der Waals surface area contributed by atoms with Gasteiger partial charge in [0.15, 0.2) is 23.0 Å². The van der Waals surface area contributed by atoms with Crippen molar-refractivity contribution < 1.29 is 23.7 Å². The van der Waals surface area contributed by atoms with Crippen LogP contribution in [0.1, 0.15) is 51.9 Å². The van der Waals surface area contributed by atoms with Crippen LogP contribution in [-0.2, 0) is 30.7 Å². The predicted octanol–water partition coefficient (Wildman–Crippen LogP) is 6.24. The number of rotatable bonds is 11. The summed E-state index contributed by atoms with van der Waals surface area (Å²) >= 11 is 0. The maximum Gasteiger partial charge on any atom is 0.234 e. The maximum atomic E-state index is 13.6. The maximum absolute atomic E-state index is 13.6. The van der Waals surface area contributed by atoms with Crippen LogP contribution in [0.2, 0.25) is 0 Å². The Hall–Kier alpha value is -4.49. The summed E-state index contributed by atoms with van der Waals surface area (Å²) in [5.41, 5.74) is 7.10. The molecular formula is C37H40N2O5. The molecule has 4 aromatic carbocycles. The van der Waals surface area contributed by atoms with Gasteiger partial charge in [0.2, 0.25) is 5.91 Å². The van der Waals surface area contributed by atoms with Crippen molar-refractivity contribution in [1.82, 2.24) is 10.2 Å². The Morgan fingerprint density at radius 2 is 1.50 bits per heavy atom. The molecule has 0 fully saturated rings. The van der Waals surface area contributed by atoms with E-state index in [-0.39, 0.29) is 18.0 Å². The first-order chi connectivity index (χ1) is 21.6. The highest BCUT2D eigenvalue weighted by Crippen LogP contribution is 2.41. The SMILES string of the molecule is COc1ccc(CC2c3cc(OCc4ccccc4)c(OC)cc3CCN2CC(=O)NC2CCc3ccccc32)cc1OC.